The van der Waals surface area contributed by atoms with Crippen LogP contribution in [0.4, 0.5) is 0 Å². The first kappa shape index (κ1) is 21.8. The second kappa shape index (κ2) is 9.30. The molecule has 1 saturated carbocycles. The lowest BCUT2D eigenvalue weighted by Crippen LogP contribution is -2.25. The second-order valence-electron chi connectivity index (χ2n) is 8.29. The predicted octanol–water partition coefficient (Wildman–Crippen LogP) is 4.07. The molecule has 1 heterocycles. The smallest absolute Gasteiger partial charge is 0.227 e. The zero-order valence-electron chi connectivity index (χ0n) is 18.0. The predicted molar refractivity (Wildman–Crippen MR) is 115 cm³/mol. The van der Waals surface area contributed by atoms with Gasteiger partial charge in [-0.2, -0.15) is 0 Å². The van der Waals surface area contributed by atoms with Crippen molar-refractivity contribution in [3.8, 4) is 5.75 Å². The Labute approximate surface area is 174 Å². The normalized spacial score (nSPS) is 16.9. The van der Waals surface area contributed by atoms with Crippen LogP contribution in [-0.4, -0.2) is 43.3 Å². The van der Waals surface area contributed by atoms with E-state index in [2.05, 4.69) is 29.9 Å². The molecule has 0 spiro atoms. The molecule has 160 valence electrons. The van der Waals surface area contributed by atoms with E-state index in [1.807, 2.05) is 22.8 Å². The fourth-order valence-corrected chi connectivity index (χ4v) is 5.02. The molecule has 1 aromatic carbocycles. The maximum absolute atomic E-state index is 12.3. The molecule has 1 unspecified atom stereocenters. The van der Waals surface area contributed by atoms with Crippen LogP contribution >= 0.6 is 0 Å². The minimum Gasteiger partial charge on any atom is -0.497 e. The van der Waals surface area contributed by atoms with Crippen LogP contribution in [0.2, 0.25) is 0 Å². The minimum atomic E-state index is -3.36. The van der Waals surface area contributed by atoms with Crippen molar-refractivity contribution in [2.45, 2.75) is 63.3 Å². The number of aromatic nitrogens is 2. The number of hydrogen-bond acceptors (Lipinski definition) is 5. The summed E-state index contributed by atoms with van der Waals surface area (Å²) in [6.45, 7) is 3.51. The highest BCUT2D eigenvalue weighted by Gasteiger charge is 2.24. The van der Waals surface area contributed by atoms with Crippen molar-refractivity contribution in [3.63, 3.8) is 0 Å². The van der Waals surface area contributed by atoms with E-state index in [1.165, 1.54) is 25.5 Å². The molecule has 1 aromatic heterocycles. The third-order valence-corrected chi connectivity index (χ3v) is 7.04. The van der Waals surface area contributed by atoms with Crippen LogP contribution in [-0.2, 0) is 22.9 Å². The Morgan fingerprint density at radius 1 is 1.28 bits per heavy atom. The molecule has 6 nitrogen and oxygen atoms in total. The summed E-state index contributed by atoms with van der Waals surface area (Å²) in [6, 6.07) is 8.22. The number of methoxy groups -OCH3 is 1. The zero-order valence-corrected chi connectivity index (χ0v) is 18.8. The number of nitrogens with zero attached hydrogens (tertiary/aromatic N) is 3. The number of sulfone groups is 1. The molecule has 1 fully saturated rings. The lowest BCUT2D eigenvalue weighted by molar-refractivity contribution is 0.238. The van der Waals surface area contributed by atoms with Crippen LogP contribution in [0.5, 0.6) is 5.75 Å². The van der Waals surface area contributed by atoms with Crippen LogP contribution in [0.1, 0.15) is 56.3 Å². The van der Waals surface area contributed by atoms with Crippen molar-refractivity contribution >= 4 is 9.84 Å². The van der Waals surface area contributed by atoms with E-state index in [4.69, 9.17) is 4.74 Å². The van der Waals surface area contributed by atoms with Gasteiger partial charge >= 0.3 is 0 Å². The third-order valence-electron chi connectivity index (χ3n) is 6.05. The van der Waals surface area contributed by atoms with Gasteiger partial charge in [0.15, 0.2) is 0 Å². The summed E-state index contributed by atoms with van der Waals surface area (Å²) >= 11 is 0. The molecular formula is C22H33N3O3S. The Morgan fingerprint density at radius 2 is 2.00 bits per heavy atom. The SMILES string of the molecule is COc1cccc(C(C)N(C)Cc2cnc(S(C)(=O)=O)n2CC2CCCCC2)c1. The highest BCUT2D eigenvalue weighted by Crippen LogP contribution is 2.28. The first-order chi connectivity index (χ1) is 13.8. The lowest BCUT2D eigenvalue weighted by atomic mass is 9.89. The summed E-state index contributed by atoms with van der Waals surface area (Å²) in [5.41, 5.74) is 2.11. The number of hydrogen-bond donors (Lipinski definition) is 0. The van der Waals surface area contributed by atoms with E-state index in [0.717, 1.165) is 36.4 Å². The Morgan fingerprint density at radius 3 is 2.66 bits per heavy atom. The van der Waals surface area contributed by atoms with Crippen molar-refractivity contribution < 1.29 is 13.2 Å². The van der Waals surface area contributed by atoms with E-state index in [0.29, 0.717) is 12.5 Å². The van der Waals surface area contributed by atoms with Crippen molar-refractivity contribution in [1.82, 2.24) is 14.5 Å². The summed E-state index contributed by atoms with van der Waals surface area (Å²) in [4.78, 5) is 6.51. The summed E-state index contributed by atoms with van der Waals surface area (Å²) in [7, 11) is 0.365. The van der Waals surface area contributed by atoms with Crippen molar-refractivity contribution in [1.29, 1.82) is 0 Å². The second-order valence-corrected chi connectivity index (χ2v) is 10.2. The molecule has 0 saturated heterocycles. The van der Waals surface area contributed by atoms with Gasteiger partial charge in [-0.1, -0.05) is 31.4 Å². The van der Waals surface area contributed by atoms with Gasteiger partial charge in [0.25, 0.3) is 0 Å². The summed E-state index contributed by atoms with van der Waals surface area (Å²) in [5.74, 6) is 1.36. The molecule has 1 aliphatic carbocycles. The number of imidazole rings is 1. The Bertz CT molecular complexity index is 917. The van der Waals surface area contributed by atoms with Gasteiger partial charge in [-0.25, -0.2) is 13.4 Å². The summed E-state index contributed by atoms with van der Waals surface area (Å²) in [5, 5.41) is 0.195. The molecule has 1 aliphatic rings. The molecule has 1 atom stereocenters. The van der Waals surface area contributed by atoms with Gasteiger partial charge in [0.1, 0.15) is 5.75 Å². The van der Waals surface area contributed by atoms with Crippen LogP contribution in [0, 0.1) is 5.92 Å². The number of ether oxygens (including phenoxy) is 1. The molecule has 0 N–H and O–H groups in total. The lowest BCUT2D eigenvalue weighted by Gasteiger charge is -2.27. The van der Waals surface area contributed by atoms with Gasteiger partial charge in [-0.15, -0.1) is 0 Å². The molecular weight excluding hydrogens is 386 g/mol. The maximum atomic E-state index is 12.3. The Kier molecular flexibility index (Phi) is 7.01. The quantitative estimate of drug-likeness (QED) is 0.645. The van der Waals surface area contributed by atoms with E-state index >= 15 is 0 Å². The highest BCUT2D eigenvalue weighted by atomic mass is 32.2. The molecule has 0 aliphatic heterocycles. The average Bonchev–Trinajstić information content (AvgIpc) is 3.10. The Hall–Kier alpha value is -1.86. The number of rotatable bonds is 8. The van der Waals surface area contributed by atoms with E-state index < -0.39 is 9.84 Å². The molecule has 3 rings (SSSR count). The van der Waals surface area contributed by atoms with Crippen LogP contribution in [0.25, 0.3) is 0 Å². The standard InChI is InChI=1S/C22H33N3O3S/c1-17(19-11-8-12-21(13-19)28-3)24(2)16-20-14-23-22(29(4,26)27)25(20)15-18-9-6-5-7-10-18/h8,11-14,17-18H,5-7,9-10,15-16H2,1-4H3. The Balaban J connectivity index is 1.82. The minimum absolute atomic E-state index is 0.157. The van der Waals surface area contributed by atoms with Crippen molar-refractivity contribution in [3.05, 3.63) is 41.7 Å². The van der Waals surface area contributed by atoms with Crippen molar-refractivity contribution in [2.24, 2.45) is 5.92 Å². The number of benzene rings is 1. The van der Waals surface area contributed by atoms with Gasteiger partial charge < -0.3 is 9.30 Å². The van der Waals surface area contributed by atoms with Crippen LogP contribution in [0.15, 0.2) is 35.6 Å². The molecule has 7 heteroatoms. The molecule has 29 heavy (non-hydrogen) atoms. The van der Waals surface area contributed by atoms with Crippen LogP contribution in [0.3, 0.4) is 0 Å². The fraction of sp³-hybridized carbons (Fsp3) is 0.591. The van der Waals surface area contributed by atoms with E-state index in [1.54, 1.807) is 13.3 Å². The summed E-state index contributed by atoms with van der Waals surface area (Å²) in [6.07, 6.45) is 9.05. The molecule has 0 amide bonds. The molecule has 0 radical (unpaired) electrons. The fourth-order valence-electron chi connectivity index (χ4n) is 4.19. The monoisotopic (exact) mass is 419 g/mol. The van der Waals surface area contributed by atoms with Gasteiger partial charge in [-0.05, 0) is 50.4 Å². The zero-order chi connectivity index (χ0) is 21.0. The summed E-state index contributed by atoms with van der Waals surface area (Å²) < 4.78 is 31.9. The largest absolute Gasteiger partial charge is 0.497 e. The topological polar surface area (TPSA) is 64.4 Å². The highest BCUT2D eigenvalue weighted by molar-refractivity contribution is 7.90. The van der Waals surface area contributed by atoms with Gasteiger partial charge in [0.05, 0.1) is 19.0 Å². The third kappa shape index (κ3) is 5.39. The van der Waals surface area contributed by atoms with E-state index in [9.17, 15) is 8.42 Å². The van der Waals surface area contributed by atoms with Crippen LogP contribution < -0.4 is 4.74 Å². The maximum Gasteiger partial charge on any atom is 0.227 e. The van der Waals surface area contributed by atoms with E-state index in [-0.39, 0.29) is 11.2 Å². The van der Waals surface area contributed by atoms with Gasteiger partial charge in [0.2, 0.25) is 15.0 Å². The average molecular weight is 420 g/mol. The first-order valence-corrected chi connectivity index (χ1v) is 12.3. The van der Waals surface area contributed by atoms with Gasteiger partial charge in [0, 0.05) is 25.4 Å². The van der Waals surface area contributed by atoms with Crippen molar-refractivity contribution in [2.75, 3.05) is 20.4 Å². The molecule has 0 bridgehead atoms. The van der Waals surface area contributed by atoms with Gasteiger partial charge in [-0.3, -0.25) is 4.90 Å². The molecule has 2 aromatic rings. The first-order valence-electron chi connectivity index (χ1n) is 10.4.